The molecule has 1 aliphatic heterocycles. The Labute approximate surface area is 131 Å². The van der Waals surface area contributed by atoms with Crippen molar-refractivity contribution in [2.24, 2.45) is 0 Å². The van der Waals surface area contributed by atoms with Gasteiger partial charge in [0.1, 0.15) is 12.7 Å². The minimum atomic E-state index is -1.67. The Kier molecular flexibility index (Phi) is 6.91. The quantitative estimate of drug-likeness (QED) is 0.353. The topological polar surface area (TPSA) is 135 Å². The van der Waals surface area contributed by atoms with Crippen molar-refractivity contribution in [1.29, 1.82) is 0 Å². The first-order valence-corrected chi connectivity index (χ1v) is 6.66. The number of hydrogen-bond acceptors (Lipinski definition) is 10. The van der Waals surface area contributed by atoms with E-state index in [0.717, 1.165) is 20.8 Å². The van der Waals surface area contributed by atoms with Gasteiger partial charge in [-0.1, -0.05) is 0 Å². The van der Waals surface area contributed by atoms with Gasteiger partial charge in [-0.25, -0.2) is 0 Å². The Balaban J connectivity index is 3.10. The van der Waals surface area contributed by atoms with Crippen molar-refractivity contribution in [3.8, 4) is 0 Å². The Morgan fingerprint density at radius 3 is 1.91 bits per heavy atom. The van der Waals surface area contributed by atoms with Crippen LogP contribution < -0.4 is 0 Å². The smallest absolute Gasteiger partial charge is 0.303 e. The maximum absolute atomic E-state index is 11.3. The number of esters is 3. The van der Waals surface area contributed by atoms with Gasteiger partial charge in [0.2, 0.25) is 0 Å². The predicted octanol–water partition coefficient (Wildman–Crippen LogP) is -1.33. The van der Waals surface area contributed by atoms with Gasteiger partial charge in [0, 0.05) is 20.8 Å². The summed E-state index contributed by atoms with van der Waals surface area (Å²) >= 11 is 0. The Bertz CT molecular complexity index is 462. The lowest BCUT2D eigenvalue weighted by atomic mass is 9.98. The highest BCUT2D eigenvalue weighted by Gasteiger charge is 2.51. The third kappa shape index (κ3) is 5.49. The van der Waals surface area contributed by atoms with Gasteiger partial charge in [-0.2, -0.15) is 0 Å². The number of hydrogen-bond donors (Lipinski definition) is 1. The Hall–Kier alpha value is -2.20. The summed E-state index contributed by atoms with van der Waals surface area (Å²) in [7, 11) is 0. The van der Waals surface area contributed by atoms with Crippen LogP contribution in [0, 0.1) is 0 Å². The SMILES string of the molecule is CC(=O)OC1[C@H](OC(C)=O)C(COC=O)O[C@@H](O)[C@@H]1OC(C)=O. The first kappa shape index (κ1) is 18.8. The summed E-state index contributed by atoms with van der Waals surface area (Å²) in [5.74, 6) is -2.25. The lowest BCUT2D eigenvalue weighted by Crippen LogP contribution is -2.62. The molecular formula is C13H18O10. The molecule has 0 radical (unpaired) electrons. The third-order valence-electron chi connectivity index (χ3n) is 2.84. The van der Waals surface area contributed by atoms with E-state index in [4.69, 9.17) is 18.9 Å². The van der Waals surface area contributed by atoms with Crippen LogP contribution in [0.25, 0.3) is 0 Å². The molecule has 0 aromatic carbocycles. The molecule has 1 rings (SSSR count). The average Bonchev–Trinajstić information content (AvgIpc) is 2.42. The highest BCUT2D eigenvalue weighted by atomic mass is 16.7. The zero-order chi connectivity index (χ0) is 17.6. The van der Waals surface area contributed by atoms with Crippen molar-refractivity contribution in [2.75, 3.05) is 6.61 Å². The van der Waals surface area contributed by atoms with Crippen LogP contribution in [0.15, 0.2) is 0 Å². The first-order valence-electron chi connectivity index (χ1n) is 6.66. The van der Waals surface area contributed by atoms with E-state index in [9.17, 15) is 24.3 Å². The van der Waals surface area contributed by atoms with Crippen LogP contribution in [0.1, 0.15) is 20.8 Å². The van der Waals surface area contributed by atoms with Crippen LogP contribution in [-0.4, -0.2) is 66.8 Å². The van der Waals surface area contributed by atoms with E-state index in [2.05, 4.69) is 4.74 Å². The Morgan fingerprint density at radius 1 is 0.957 bits per heavy atom. The summed E-state index contributed by atoms with van der Waals surface area (Å²) in [4.78, 5) is 44.1. The van der Waals surface area contributed by atoms with E-state index in [0.29, 0.717) is 0 Å². The number of ether oxygens (including phenoxy) is 5. The standard InChI is InChI=1S/C13H18O10/c1-6(15)20-10-9(4-19-5-14)23-13(18)12(22-8(3)17)11(10)21-7(2)16/h5,9-13,18H,4H2,1-3H3/t9?,10-,11?,12-,13-/m1/s1. The highest BCUT2D eigenvalue weighted by Crippen LogP contribution is 2.27. The molecule has 10 nitrogen and oxygen atoms in total. The summed E-state index contributed by atoms with van der Waals surface area (Å²) in [6.07, 6.45) is -6.77. The van der Waals surface area contributed by atoms with Crippen molar-refractivity contribution < 1.29 is 48.0 Å². The van der Waals surface area contributed by atoms with Crippen LogP contribution in [-0.2, 0) is 42.9 Å². The zero-order valence-corrected chi connectivity index (χ0v) is 12.8. The van der Waals surface area contributed by atoms with Crippen LogP contribution in [0.5, 0.6) is 0 Å². The zero-order valence-electron chi connectivity index (χ0n) is 12.8. The predicted molar refractivity (Wildman–Crippen MR) is 69.6 cm³/mol. The van der Waals surface area contributed by atoms with Crippen molar-refractivity contribution in [3.63, 3.8) is 0 Å². The fourth-order valence-electron chi connectivity index (χ4n) is 2.14. The molecule has 1 fully saturated rings. The van der Waals surface area contributed by atoms with Gasteiger partial charge < -0.3 is 28.8 Å². The molecule has 23 heavy (non-hydrogen) atoms. The monoisotopic (exact) mass is 334 g/mol. The van der Waals surface area contributed by atoms with E-state index >= 15 is 0 Å². The largest absolute Gasteiger partial charge is 0.465 e. The molecule has 0 aliphatic carbocycles. The van der Waals surface area contributed by atoms with E-state index in [1.54, 1.807) is 0 Å². The molecule has 1 saturated heterocycles. The van der Waals surface area contributed by atoms with E-state index in [1.807, 2.05) is 0 Å². The van der Waals surface area contributed by atoms with Gasteiger partial charge in [-0.3, -0.25) is 19.2 Å². The third-order valence-corrected chi connectivity index (χ3v) is 2.84. The highest BCUT2D eigenvalue weighted by molar-refractivity contribution is 5.68. The molecule has 0 aromatic heterocycles. The lowest BCUT2D eigenvalue weighted by Gasteiger charge is -2.42. The van der Waals surface area contributed by atoms with Crippen LogP contribution in [0.2, 0.25) is 0 Å². The van der Waals surface area contributed by atoms with Crippen LogP contribution in [0.3, 0.4) is 0 Å². The van der Waals surface area contributed by atoms with E-state index in [-0.39, 0.29) is 13.1 Å². The molecule has 0 aromatic rings. The summed E-state index contributed by atoms with van der Waals surface area (Å²) in [5.41, 5.74) is 0. The molecule has 130 valence electrons. The first-order chi connectivity index (χ1) is 10.8. The molecule has 1 aliphatic rings. The number of carbonyl (C=O) groups excluding carboxylic acids is 4. The summed E-state index contributed by atoms with van der Waals surface area (Å²) in [6, 6.07) is 0. The van der Waals surface area contributed by atoms with Gasteiger partial charge in [0.15, 0.2) is 24.6 Å². The van der Waals surface area contributed by atoms with Crippen molar-refractivity contribution in [3.05, 3.63) is 0 Å². The fraction of sp³-hybridized carbons (Fsp3) is 0.692. The molecule has 5 atom stereocenters. The molecular weight excluding hydrogens is 316 g/mol. The summed E-state index contributed by atoms with van der Waals surface area (Å²) in [5, 5.41) is 9.95. The maximum Gasteiger partial charge on any atom is 0.303 e. The van der Waals surface area contributed by atoms with Gasteiger partial charge in [-0.15, -0.1) is 0 Å². The van der Waals surface area contributed by atoms with Gasteiger partial charge in [0.25, 0.3) is 6.47 Å². The van der Waals surface area contributed by atoms with E-state index < -0.39 is 48.6 Å². The van der Waals surface area contributed by atoms with Crippen molar-refractivity contribution in [2.45, 2.75) is 51.5 Å². The average molecular weight is 334 g/mol. The maximum atomic E-state index is 11.3. The van der Waals surface area contributed by atoms with E-state index in [1.165, 1.54) is 0 Å². The van der Waals surface area contributed by atoms with Gasteiger partial charge in [0.05, 0.1) is 0 Å². The molecule has 0 amide bonds. The number of carbonyl (C=O) groups is 4. The van der Waals surface area contributed by atoms with Gasteiger partial charge >= 0.3 is 17.9 Å². The molecule has 1 N–H and O–H groups in total. The second-order valence-electron chi connectivity index (χ2n) is 4.72. The molecule has 0 spiro atoms. The molecule has 10 heteroatoms. The second-order valence-corrected chi connectivity index (χ2v) is 4.72. The summed E-state index contributed by atoms with van der Waals surface area (Å²) < 4.78 is 24.6. The molecule has 2 unspecified atom stereocenters. The molecule has 0 bridgehead atoms. The van der Waals surface area contributed by atoms with Crippen molar-refractivity contribution >= 4 is 24.4 Å². The number of rotatable bonds is 6. The van der Waals surface area contributed by atoms with Crippen molar-refractivity contribution in [1.82, 2.24) is 0 Å². The summed E-state index contributed by atoms with van der Waals surface area (Å²) in [6.45, 7) is 3.05. The molecule has 1 heterocycles. The molecule has 0 saturated carbocycles. The minimum absolute atomic E-state index is 0.138. The number of aliphatic hydroxyl groups is 1. The normalized spacial score (nSPS) is 30.0. The van der Waals surface area contributed by atoms with Crippen LogP contribution >= 0.6 is 0 Å². The van der Waals surface area contributed by atoms with Gasteiger partial charge in [-0.05, 0) is 0 Å². The lowest BCUT2D eigenvalue weighted by molar-refractivity contribution is -0.295. The minimum Gasteiger partial charge on any atom is -0.465 e. The fourth-order valence-corrected chi connectivity index (χ4v) is 2.14. The second kappa shape index (κ2) is 8.44. The van der Waals surface area contributed by atoms with Crippen LogP contribution in [0.4, 0.5) is 0 Å². The number of aliphatic hydroxyl groups excluding tert-OH is 1. The Morgan fingerprint density at radius 2 is 1.43 bits per heavy atom.